The van der Waals surface area contributed by atoms with Gasteiger partial charge in [0.2, 0.25) is 0 Å². The number of hydrogen-bond donors (Lipinski definition) is 1. The topological polar surface area (TPSA) is 85.7 Å². The van der Waals surface area contributed by atoms with Gasteiger partial charge in [-0.2, -0.15) is 0 Å². The van der Waals surface area contributed by atoms with Crippen LogP contribution in [0.25, 0.3) is 0 Å². The number of hydrogen-bond acceptors (Lipinski definition) is 7. The Morgan fingerprint density at radius 3 is 2.89 bits per heavy atom. The Morgan fingerprint density at radius 2 is 2.14 bits per heavy atom. The van der Waals surface area contributed by atoms with E-state index in [1.807, 2.05) is 24.3 Å². The van der Waals surface area contributed by atoms with Crippen LogP contribution in [0.15, 0.2) is 53.2 Å². The first kappa shape index (κ1) is 25.5. The highest BCUT2D eigenvalue weighted by Crippen LogP contribution is 2.69. The predicted molar refractivity (Wildman–Crippen MR) is 141 cm³/mol. The van der Waals surface area contributed by atoms with Crippen LogP contribution >= 0.6 is 11.8 Å². The first-order chi connectivity index (χ1) is 17.7. The molecular formula is C30H37NO5S. The maximum Gasteiger partial charge on any atom is 0.178 e. The van der Waals surface area contributed by atoms with E-state index in [-0.39, 0.29) is 46.6 Å². The number of aliphatic hydroxyl groups excluding tert-OH is 1. The van der Waals surface area contributed by atoms with Gasteiger partial charge in [-0.05, 0) is 68.2 Å². The van der Waals surface area contributed by atoms with Crippen LogP contribution in [0.4, 0.5) is 0 Å². The first-order valence-electron chi connectivity index (χ1n) is 13.8. The molecule has 5 unspecified atom stereocenters. The van der Waals surface area contributed by atoms with Crippen LogP contribution in [-0.4, -0.2) is 51.5 Å². The summed E-state index contributed by atoms with van der Waals surface area (Å²) >= 11 is 1.44. The van der Waals surface area contributed by atoms with Crippen molar-refractivity contribution >= 4 is 23.3 Å². The van der Waals surface area contributed by atoms with Crippen molar-refractivity contribution in [1.82, 2.24) is 4.98 Å². The number of carbonyl (C=O) groups excluding carboxylic acids is 2. The Kier molecular flexibility index (Phi) is 6.30. The maximum atomic E-state index is 14.2. The minimum atomic E-state index is -1.07. The van der Waals surface area contributed by atoms with Gasteiger partial charge < -0.3 is 14.6 Å². The van der Waals surface area contributed by atoms with E-state index in [4.69, 9.17) is 9.47 Å². The molecule has 1 aromatic rings. The van der Waals surface area contributed by atoms with Gasteiger partial charge in [0.05, 0.1) is 23.0 Å². The fraction of sp³-hybridized carbons (Fsp3) is 0.633. The molecule has 198 valence electrons. The summed E-state index contributed by atoms with van der Waals surface area (Å²) in [7, 11) is 0. The SMILES string of the molecule is CCC[C@@H]1O[C@@H]2CC3C4CCC5=CC(=O)C=CC5(C)C4[C@@H](O)CC3(C)[C@@]2(C(=O)CSc2ccccn2)O1. The lowest BCUT2D eigenvalue weighted by atomic mass is 9.46. The lowest BCUT2D eigenvalue weighted by Gasteiger charge is -2.59. The number of pyridine rings is 1. The Labute approximate surface area is 223 Å². The van der Waals surface area contributed by atoms with Gasteiger partial charge in [0, 0.05) is 22.9 Å². The molecule has 1 saturated heterocycles. The Bertz CT molecular complexity index is 1150. The molecule has 3 saturated carbocycles. The van der Waals surface area contributed by atoms with Gasteiger partial charge in [0.1, 0.15) is 0 Å². The van der Waals surface area contributed by atoms with Gasteiger partial charge >= 0.3 is 0 Å². The average Bonchev–Trinajstić information content (AvgIpc) is 3.35. The highest BCUT2D eigenvalue weighted by Gasteiger charge is 2.75. The lowest BCUT2D eigenvalue weighted by molar-refractivity contribution is -0.197. The quantitative estimate of drug-likeness (QED) is 0.530. The molecule has 2 heterocycles. The second-order valence-corrected chi connectivity index (χ2v) is 13.0. The smallest absolute Gasteiger partial charge is 0.178 e. The normalized spacial score (nSPS) is 44.0. The number of fused-ring (bicyclic) bond motifs is 7. The van der Waals surface area contributed by atoms with Crippen LogP contribution in [0.5, 0.6) is 0 Å². The zero-order chi connectivity index (χ0) is 26.0. The van der Waals surface area contributed by atoms with Crippen LogP contribution in [0.1, 0.15) is 59.3 Å². The van der Waals surface area contributed by atoms with Crippen molar-refractivity contribution in [3.63, 3.8) is 0 Å². The van der Waals surface area contributed by atoms with Crippen LogP contribution < -0.4 is 0 Å². The van der Waals surface area contributed by atoms with E-state index in [1.165, 1.54) is 11.8 Å². The molecule has 1 aromatic heterocycles. The molecule has 1 N–H and O–H groups in total. The number of ketones is 2. The highest BCUT2D eigenvalue weighted by atomic mass is 32.2. The van der Waals surface area contributed by atoms with Crippen molar-refractivity contribution in [2.45, 2.75) is 88.4 Å². The van der Waals surface area contributed by atoms with Crippen LogP contribution in [0, 0.1) is 28.6 Å². The molecule has 0 amide bonds. The summed E-state index contributed by atoms with van der Waals surface area (Å²) in [6.07, 6.45) is 10.6. The zero-order valence-electron chi connectivity index (χ0n) is 21.9. The number of rotatable bonds is 6. The molecule has 0 radical (unpaired) electrons. The van der Waals surface area contributed by atoms with E-state index in [9.17, 15) is 14.7 Å². The van der Waals surface area contributed by atoms with E-state index < -0.39 is 23.4 Å². The number of aromatic nitrogens is 1. The van der Waals surface area contributed by atoms with Crippen molar-refractivity contribution in [3.05, 3.63) is 48.2 Å². The molecular weight excluding hydrogens is 486 g/mol. The predicted octanol–water partition coefficient (Wildman–Crippen LogP) is 4.91. The standard InChI is InChI=1S/C30H37NO5S/c1-4-7-26-35-24-15-21-20-10-9-18-14-19(32)11-12-28(18,2)27(20)22(33)16-29(21,3)30(24,36-26)23(34)17-37-25-8-5-6-13-31-25/h5-6,8,11-14,20-22,24,26-27,33H,4,7,9-10,15-17H2,1-3H3/t20?,21?,22-,24+,26+,27?,28?,29?,30-/m0/s1. The van der Waals surface area contributed by atoms with E-state index in [2.05, 4.69) is 25.8 Å². The van der Waals surface area contributed by atoms with Gasteiger partial charge in [0.25, 0.3) is 0 Å². The molecule has 37 heavy (non-hydrogen) atoms. The summed E-state index contributed by atoms with van der Waals surface area (Å²) in [5.41, 5.74) is -0.807. The lowest BCUT2D eigenvalue weighted by Crippen LogP contribution is -2.63. The van der Waals surface area contributed by atoms with Crippen molar-refractivity contribution < 1.29 is 24.2 Å². The van der Waals surface area contributed by atoms with Crippen molar-refractivity contribution in [2.24, 2.45) is 28.6 Å². The number of allylic oxidation sites excluding steroid dienone is 4. The Morgan fingerprint density at radius 1 is 1.30 bits per heavy atom. The number of aliphatic hydroxyl groups is 1. The van der Waals surface area contributed by atoms with E-state index >= 15 is 0 Å². The molecule has 7 heteroatoms. The minimum Gasteiger partial charge on any atom is -0.393 e. The van der Waals surface area contributed by atoms with Gasteiger partial charge in [-0.3, -0.25) is 9.59 Å². The molecule has 5 aliphatic rings. The number of nitrogens with zero attached hydrogens (tertiary/aromatic N) is 1. The summed E-state index contributed by atoms with van der Waals surface area (Å²) in [4.78, 5) is 30.7. The summed E-state index contributed by atoms with van der Waals surface area (Å²) in [6, 6.07) is 5.72. The fourth-order valence-corrected chi connectivity index (χ4v) is 9.49. The van der Waals surface area contributed by atoms with Gasteiger partial charge in [-0.25, -0.2) is 4.98 Å². The second-order valence-electron chi connectivity index (χ2n) is 12.0. The number of Topliss-reactive ketones (excluding diaryl/α,β-unsaturated/α-hetero) is 1. The molecule has 4 aliphatic carbocycles. The van der Waals surface area contributed by atoms with Crippen LogP contribution in [-0.2, 0) is 19.1 Å². The number of carbonyl (C=O) groups is 2. The molecule has 4 fully saturated rings. The van der Waals surface area contributed by atoms with Crippen molar-refractivity contribution in [3.8, 4) is 0 Å². The third-order valence-electron chi connectivity index (χ3n) is 10.2. The van der Waals surface area contributed by atoms with Gasteiger partial charge in [-0.1, -0.05) is 56.7 Å². The zero-order valence-corrected chi connectivity index (χ0v) is 22.7. The van der Waals surface area contributed by atoms with E-state index in [0.29, 0.717) is 6.42 Å². The maximum absolute atomic E-state index is 14.2. The largest absolute Gasteiger partial charge is 0.393 e. The summed E-state index contributed by atoms with van der Waals surface area (Å²) < 4.78 is 13.2. The third kappa shape index (κ3) is 3.68. The molecule has 0 aromatic carbocycles. The molecule has 0 bridgehead atoms. The second kappa shape index (κ2) is 9.15. The fourth-order valence-electron chi connectivity index (χ4n) is 8.68. The number of thioether (sulfide) groups is 1. The molecule has 9 atom stereocenters. The summed E-state index contributed by atoms with van der Waals surface area (Å²) in [6.45, 7) is 6.45. The number of ether oxygens (including phenoxy) is 2. The molecule has 6 rings (SSSR count). The monoisotopic (exact) mass is 523 g/mol. The highest BCUT2D eigenvalue weighted by molar-refractivity contribution is 7.99. The summed E-state index contributed by atoms with van der Waals surface area (Å²) in [5, 5.41) is 12.6. The van der Waals surface area contributed by atoms with Crippen LogP contribution in [0.3, 0.4) is 0 Å². The van der Waals surface area contributed by atoms with Crippen molar-refractivity contribution in [1.29, 1.82) is 0 Å². The average molecular weight is 524 g/mol. The van der Waals surface area contributed by atoms with E-state index in [1.54, 1.807) is 18.3 Å². The first-order valence-corrected chi connectivity index (χ1v) is 14.7. The summed E-state index contributed by atoms with van der Waals surface area (Å²) in [5.74, 6) is 0.780. The van der Waals surface area contributed by atoms with Crippen LogP contribution in [0.2, 0.25) is 0 Å². The van der Waals surface area contributed by atoms with Crippen molar-refractivity contribution in [2.75, 3.05) is 5.75 Å². The Balaban J connectivity index is 1.35. The molecule has 6 nitrogen and oxygen atoms in total. The van der Waals surface area contributed by atoms with E-state index in [0.717, 1.165) is 42.7 Å². The van der Waals surface area contributed by atoms with Gasteiger partial charge in [0.15, 0.2) is 23.5 Å². The van der Waals surface area contributed by atoms with Gasteiger partial charge in [-0.15, -0.1) is 0 Å². The Hall–Kier alpha value is -1.80. The minimum absolute atomic E-state index is 0.00948. The molecule has 1 aliphatic heterocycles. The third-order valence-corrected chi connectivity index (χ3v) is 11.2. The molecule has 0 spiro atoms.